The normalized spacial score (nSPS) is 12.0. The van der Waals surface area contributed by atoms with Gasteiger partial charge in [0, 0.05) is 12.7 Å². The third-order valence-corrected chi connectivity index (χ3v) is 3.78. The molecule has 4 heteroatoms. The molecule has 2 aromatic carbocycles. The van der Waals surface area contributed by atoms with Gasteiger partial charge < -0.3 is 10.4 Å². The number of hydrogen-bond donors (Lipinski definition) is 2. The Morgan fingerprint density at radius 1 is 1.04 bits per heavy atom. The zero-order valence-corrected chi connectivity index (χ0v) is 12.6. The van der Waals surface area contributed by atoms with Crippen LogP contribution in [0.25, 0.3) is 10.8 Å². The summed E-state index contributed by atoms with van der Waals surface area (Å²) in [5.41, 5.74) is 1.27. The Bertz CT molecular complexity index is 797. The number of nitrogens with zero attached hydrogens (tertiary/aromatic N) is 1. The molecule has 1 amide bonds. The summed E-state index contributed by atoms with van der Waals surface area (Å²) < 4.78 is 0. The first-order valence-corrected chi connectivity index (χ1v) is 7.60. The van der Waals surface area contributed by atoms with E-state index in [1.807, 2.05) is 42.5 Å². The van der Waals surface area contributed by atoms with E-state index in [1.165, 1.54) is 0 Å². The second kappa shape index (κ2) is 7.03. The van der Waals surface area contributed by atoms with Crippen LogP contribution in [0.1, 0.15) is 28.6 Å². The molecule has 3 rings (SSSR count). The Hall–Kier alpha value is -2.72. The number of aliphatic hydroxyl groups is 1. The molecule has 1 heterocycles. The summed E-state index contributed by atoms with van der Waals surface area (Å²) in [5.74, 6) is -0.226. The molecule has 0 saturated carbocycles. The highest BCUT2D eigenvalue weighted by Crippen LogP contribution is 2.25. The van der Waals surface area contributed by atoms with E-state index in [0.717, 1.165) is 16.3 Å². The molecule has 4 nitrogen and oxygen atoms in total. The highest BCUT2D eigenvalue weighted by molar-refractivity contribution is 5.92. The predicted molar refractivity (Wildman–Crippen MR) is 90.1 cm³/mol. The summed E-state index contributed by atoms with van der Waals surface area (Å²) in [6.45, 7) is 0.389. The topological polar surface area (TPSA) is 62.2 Å². The average Bonchev–Trinajstić information content (AvgIpc) is 2.61. The van der Waals surface area contributed by atoms with Gasteiger partial charge in [-0.3, -0.25) is 9.78 Å². The monoisotopic (exact) mass is 306 g/mol. The summed E-state index contributed by atoms with van der Waals surface area (Å²) >= 11 is 0. The number of fused-ring (bicyclic) bond motifs is 1. The number of nitrogens with one attached hydrogen (secondary N) is 1. The minimum Gasteiger partial charge on any atom is -0.388 e. The second-order valence-electron chi connectivity index (χ2n) is 5.34. The van der Waals surface area contributed by atoms with Crippen molar-refractivity contribution in [3.8, 4) is 0 Å². The molecule has 0 saturated heterocycles. The molecule has 0 unspecified atom stereocenters. The van der Waals surface area contributed by atoms with E-state index in [1.54, 1.807) is 24.4 Å². The molecule has 116 valence electrons. The van der Waals surface area contributed by atoms with Crippen molar-refractivity contribution in [2.24, 2.45) is 0 Å². The molecular formula is C19H18N2O2. The summed E-state index contributed by atoms with van der Waals surface area (Å²) in [4.78, 5) is 15.9. The Morgan fingerprint density at radius 2 is 1.83 bits per heavy atom. The molecule has 0 aliphatic heterocycles. The molecule has 3 aromatic rings. The van der Waals surface area contributed by atoms with E-state index in [0.29, 0.717) is 18.7 Å². The van der Waals surface area contributed by atoms with Gasteiger partial charge in [0.2, 0.25) is 0 Å². The van der Waals surface area contributed by atoms with Crippen molar-refractivity contribution in [1.82, 2.24) is 10.3 Å². The maximum Gasteiger partial charge on any atom is 0.269 e. The summed E-state index contributed by atoms with van der Waals surface area (Å²) in [7, 11) is 0. The van der Waals surface area contributed by atoms with Gasteiger partial charge in [-0.1, -0.05) is 48.5 Å². The Labute approximate surface area is 134 Å². The lowest BCUT2D eigenvalue weighted by molar-refractivity contribution is 0.0938. The minimum atomic E-state index is -0.620. The zero-order chi connectivity index (χ0) is 16.1. The second-order valence-corrected chi connectivity index (χ2v) is 5.34. The summed E-state index contributed by atoms with van der Waals surface area (Å²) in [5, 5.41) is 15.4. The van der Waals surface area contributed by atoms with Gasteiger partial charge in [0.25, 0.3) is 5.91 Å². The number of carbonyl (C=O) groups is 1. The first-order chi connectivity index (χ1) is 11.3. The van der Waals surface area contributed by atoms with Gasteiger partial charge in [0.1, 0.15) is 5.69 Å². The minimum absolute atomic E-state index is 0.226. The van der Waals surface area contributed by atoms with Crippen molar-refractivity contribution in [1.29, 1.82) is 0 Å². The number of carbonyl (C=O) groups excluding carboxylic acids is 1. The van der Waals surface area contributed by atoms with Crippen LogP contribution in [-0.2, 0) is 0 Å². The molecule has 1 atom stereocenters. The number of pyridine rings is 1. The van der Waals surface area contributed by atoms with Crippen molar-refractivity contribution >= 4 is 16.7 Å². The van der Waals surface area contributed by atoms with E-state index >= 15 is 0 Å². The fourth-order valence-corrected chi connectivity index (χ4v) is 2.61. The van der Waals surface area contributed by atoms with Crippen LogP contribution in [0.4, 0.5) is 0 Å². The molecule has 23 heavy (non-hydrogen) atoms. The summed E-state index contributed by atoms with van der Waals surface area (Å²) in [6.07, 6.45) is 1.41. The van der Waals surface area contributed by atoms with Crippen LogP contribution in [0.2, 0.25) is 0 Å². The third-order valence-electron chi connectivity index (χ3n) is 3.78. The SMILES string of the molecule is O=C(NCC[C@H](O)c1cccc2ccccc12)c1ccccn1. The Balaban J connectivity index is 1.63. The predicted octanol–water partition coefficient (Wildman–Crippen LogP) is 3.09. The van der Waals surface area contributed by atoms with Gasteiger partial charge >= 0.3 is 0 Å². The van der Waals surface area contributed by atoms with Crippen LogP contribution in [-0.4, -0.2) is 22.5 Å². The molecule has 1 aromatic heterocycles. The van der Waals surface area contributed by atoms with Crippen molar-refractivity contribution < 1.29 is 9.90 Å². The van der Waals surface area contributed by atoms with Crippen LogP contribution >= 0.6 is 0 Å². The molecule has 0 bridgehead atoms. The quantitative estimate of drug-likeness (QED) is 0.761. The highest BCUT2D eigenvalue weighted by Gasteiger charge is 2.12. The van der Waals surface area contributed by atoms with E-state index in [9.17, 15) is 9.90 Å². The van der Waals surface area contributed by atoms with E-state index in [4.69, 9.17) is 0 Å². The third kappa shape index (κ3) is 3.55. The first-order valence-electron chi connectivity index (χ1n) is 7.60. The zero-order valence-electron chi connectivity index (χ0n) is 12.6. The van der Waals surface area contributed by atoms with Crippen molar-refractivity contribution in [3.05, 3.63) is 78.1 Å². The van der Waals surface area contributed by atoms with Gasteiger partial charge in [0.05, 0.1) is 6.10 Å². The molecule has 0 radical (unpaired) electrons. The van der Waals surface area contributed by atoms with E-state index < -0.39 is 6.10 Å². The molecule has 0 fully saturated rings. The number of rotatable bonds is 5. The lowest BCUT2D eigenvalue weighted by Gasteiger charge is -2.14. The van der Waals surface area contributed by atoms with Crippen LogP contribution in [0.5, 0.6) is 0 Å². The number of aliphatic hydroxyl groups excluding tert-OH is 1. The number of amides is 1. The number of benzene rings is 2. The van der Waals surface area contributed by atoms with Crippen LogP contribution in [0.3, 0.4) is 0 Å². The van der Waals surface area contributed by atoms with Gasteiger partial charge in [0.15, 0.2) is 0 Å². The lowest BCUT2D eigenvalue weighted by Crippen LogP contribution is -2.26. The summed E-state index contributed by atoms with van der Waals surface area (Å²) in [6, 6.07) is 19.0. The number of aromatic nitrogens is 1. The average molecular weight is 306 g/mol. The Morgan fingerprint density at radius 3 is 2.65 bits per heavy atom. The maximum atomic E-state index is 11.9. The van der Waals surface area contributed by atoms with Crippen molar-refractivity contribution in [3.63, 3.8) is 0 Å². The number of hydrogen-bond acceptors (Lipinski definition) is 3. The van der Waals surface area contributed by atoms with E-state index in [-0.39, 0.29) is 5.91 Å². The largest absolute Gasteiger partial charge is 0.388 e. The smallest absolute Gasteiger partial charge is 0.269 e. The molecule has 0 aliphatic rings. The fraction of sp³-hybridized carbons (Fsp3) is 0.158. The Kier molecular flexibility index (Phi) is 4.64. The molecular weight excluding hydrogens is 288 g/mol. The van der Waals surface area contributed by atoms with Crippen LogP contribution < -0.4 is 5.32 Å². The van der Waals surface area contributed by atoms with Gasteiger partial charge in [-0.05, 0) is 34.9 Å². The fourth-order valence-electron chi connectivity index (χ4n) is 2.61. The van der Waals surface area contributed by atoms with Gasteiger partial charge in [-0.25, -0.2) is 0 Å². The first kappa shape index (κ1) is 15.2. The standard InChI is InChI=1S/C19H18N2O2/c22-18(11-13-21-19(23)17-10-3-4-12-20-17)16-9-5-7-14-6-1-2-8-15(14)16/h1-10,12,18,22H,11,13H2,(H,21,23)/t18-/m0/s1. The van der Waals surface area contributed by atoms with Gasteiger partial charge in [-0.2, -0.15) is 0 Å². The van der Waals surface area contributed by atoms with Crippen LogP contribution in [0.15, 0.2) is 66.9 Å². The highest BCUT2D eigenvalue weighted by atomic mass is 16.3. The van der Waals surface area contributed by atoms with E-state index in [2.05, 4.69) is 10.3 Å². The molecule has 2 N–H and O–H groups in total. The van der Waals surface area contributed by atoms with Crippen LogP contribution in [0, 0.1) is 0 Å². The van der Waals surface area contributed by atoms with Crippen molar-refractivity contribution in [2.45, 2.75) is 12.5 Å². The lowest BCUT2D eigenvalue weighted by atomic mass is 9.99. The molecule has 0 aliphatic carbocycles. The van der Waals surface area contributed by atoms with Crippen molar-refractivity contribution in [2.75, 3.05) is 6.54 Å². The maximum absolute atomic E-state index is 11.9. The van der Waals surface area contributed by atoms with Gasteiger partial charge in [-0.15, -0.1) is 0 Å². The molecule has 0 spiro atoms.